The van der Waals surface area contributed by atoms with Crippen LogP contribution in [0.2, 0.25) is 0 Å². The molecule has 0 fully saturated rings. The van der Waals surface area contributed by atoms with Crippen molar-refractivity contribution >= 4 is 28.2 Å². The van der Waals surface area contributed by atoms with Gasteiger partial charge < -0.3 is 30.4 Å². The Balaban J connectivity index is 1.42. The molecule has 6 nitrogen and oxygen atoms in total. The third-order valence-electron chi connectivity index (χ3n) is 9.72. The number of rotatable bonds is 11. The number of allylic oxidation sites excluding steroid dienone is 7. The van der Waals surface area contributed by atoms with Gasteiger partial charge in [-0.25, -0.2) is 0 Å². The molecule has 6 heteroatoms. The molecule has 0 heterocycles. The SMILES string of the molecule is C=C/C=C\C(=C\C(=CC)N(c1ccc(C)c(C=C)c1)c1ccc(-c2ccc(-c3ccc(-c4c(O)c(O)c(O)c(O)c4O)cc3)cc2)c2ccccc12)C(=C)C. The van der Waals surface area contributed by atoms with Gasteiger partial charge in [-0.3, -0.25) is 0 Å². The molecule has 6 aromatic carbocycles. The summed E-state index contributed by atoms with van der Waals surface area (Å²) in [5.41, 5.74) is 11.2. The Hall–Kier alpha value is -7.18. The van der Waals surface area contributed by atoms with Crippen LogP contribution in [-0.2, 0) is 0 Å². The van der Waals surface area contributed by atoms with Crippen LogP contribution in [0.1, 0.15) is 25.0 Å². The molecule has 0 amide bonds. The van der Waals surface area contributed by atoms with E-state index in [1.165, 1.54) is 0 Å². The fraction of sp³-hybridized carbons (Fsp3) is 0.0612. The number of nitrogens with zero attached hydrogens (tertiary/aromatic N) is 1. The van der Waals surface area contributed by atoms with Gasteiger partial charge in [0.05, 0.1) is 11.3 Å². The Labute approximate surface area is 321 Å². The number of aryl methyl sites for hydroxylation is 1. The van der Waals surface area contributed by atoms with Gasteiger partial charge in [-0.2, -0.15) is 0 Å². The van der Waals surface area contributed by atoms with Crippen molar-refractivity contribution in [2.75, 3.05) is 4.90 Å². The van der Waals surface area contributed by atoms with E-state index in [1.807, 2.05) is 56.3 Å². The summed E-state index contributed by atoms with van der Waals surface area (Å²) in [6, 6.07) is 34.3. The van der Waals surface area contributed by atoms with E-state index < -0.39 is 28.7 Å². The van der Waals surface area contributed by atoms with Crippen molar-refractivity contribution in [3.63, 3.8) is 0 Å². The van der Waals surface area contributed by atoms with Crippen LogP contribution < -0.4 is 4.90 Å². The first kappa shape index (κ1) is 37.6. The maximum Gasteiger partial charge on any atom is 0.208 e. The third kappa shape index (κ3) is 7.26. The van der Waals surface area contributed by atoms with Gasteiger partial charge in [0.25, 0.3) is 0 Å². The lowest BCUT2D eigenvalue weighted by atomic mass is 9.94. The van der Waals surface area contributed by atoms with Crippen molar-refractivity contribution < 1.29 is 25.5 Å². The van der Waals surface area contributed by atoms with Crippen molar-refractivity contribution in [2.45, 2.75) is 20.8 Å². The average Bonchev–Trinajstić information content (AvgIpc) is 3.21. The number of anilines is 2. The van der Waals surface area contributed by atoms with E-state index in [-0.39, 0.29) is 5.56 Å². The number of phenols is 5. The van der Waals surface area contributed by atoms with E-state index >= 15 is 0 Å². The summed E-state index contributed by atoms with van der Waals surface area (Å²) < 4.78 is 0. The highest BCUT2D eigenvalue weighted by atomic mass is 16.4. The molecule has 0 spiro atoms. The van der Waals surface area contributed by atoms with E-state index in [2.05, 4.69) is 110 Å². The zero-order valence-electron chi connectivity index (χ0n) is 31.1. The van der Waals surface area contributed by atoms with Gasteiger partial charge in [-0.15, -0.1) is 0 Å². The van der Waals surface area contributed by atoms with Gasteiger partial charge in [0, 0.05) is 16.8 Å². The quantitative estimate of drug-likeness (QED) is 0.0517. The number of hydrogen-bond donors (Lipinski definition) is 5. The minimum Gasteiger partial charge on any atom is -0.504 e. The zero-order chi connectivity index (χ0) is 39.4. The number of hydrogen-bond acceptors (Lipinski definition) is 6. The summed E-state index contributed by atoms with van der Waals surface area (Å²) in [5.74, 6) is -4.29. The summed E-state index contributed by atoms with van der Waals surface area (Å²) in [4.78, 5) is 2.27. The Morgan fingerprint density at radius 3 is 1.78 bits per heavy atom. The molecule has 0 aliphatic carbocycles. The Morgan fingerprint density at radius 2 is 1.22 bits per heavy atom. The molecule has 0 bridgehead atoms. The van der Waals surface area contributed by atoms with Gasteiger partial charge in [-0.05, 0) is 94.9 Å². The molecule has 5 N–H and O–H groups in total. The van der Waals surface area contributed by atoms with Crippen LogP contribution in [0.4, 0.5) is 11.4 Å². The van der Waals surface area contributed by atoms with Crippen LogP contribution in [0.15, 0.2) is 170 Å². The summed E-state index contributed by atoms with van der Waals surface area (Å²) in [6.07, 6.45) is 11.8. The molecule has 0 aliphatic rings. The topological polar surface area (TPSA) is 104 Å². The van der Waals surface area contributed by atoms with E-state index in [1.54, 1.807) is 18.2 Å². The molecule has 6 rings (SSSR count). The fourth-order valence-electron chi connectivity index (χ4n) is 6.70. The number of fused-ring (bicyclic) bond motifs is 1. The smallest absolute Gasteiger partial charge is 0.208 e. The molecule has 0 atom stereocenters. The molecule has 55 heavy (non-hydrogen) atoms. The largest absolute Gasteiger partial charge is 0.504 e. The summed E-state index contributed by atoms with van der Waals surface area (Å²) in [7, 11) is 0. The molecule has 0 radical (unpaired) electrons. The molecule has 274 valence electrons. The van der Waals surface area contributed by atoms with E-state index in [0.29, 0.717) is 5.56 Å². The number of aromatic hydroxyl groups is 5. The molecule has 0 unspecified atom stereocenters. The van der Waals surface area contributed by atoms with Crippen molar-refractivity contribution in [1.82, 2.24) is 0 Å². The fourth-order valence-corrected chi connectivity index (χ4v) is 6.70. The van der Waals surface area contributed by atoms with Gasteiger partial charge in [-0.1, -0.05) is 141 Å². The summed E-state index contributed by atoms with van der Waals surface area (Å²) in [6.45, 7) is 18.3. The second-order valence-corrected chi connectivity index (χ2v) is 13.2. The van der Waals surface area contributed by atoms with Crippen LogP contribution in [0, 0.1) is 6.92 Å². The van der Waals surface area contributed by atoms with Gasteiger partial charge >= 0.3 is 0 Å². The molecule has 0 saturated heterocycles. The monoisotopic (exact) mass is 725 g/mol. The second kappa shape index (κ2) is 15.8. The lowest BCUT2D eigenvalue weighted by Crippen LogP contribution is -2.16. The average molecular weight is 726 g/mol. The molecule has 0 aliphatic heterocycles. The highest BCUT2D eigenvalue weighted by Crippen LogP contribution is 2.54. The Bertz CT molecular complexity index is 2530. The maximum atomic E-state index is 10.4. The minimum atomic E-state index is -0.993. The first-order valence-electron chi connectivity index (χ1n) is 17.8. The highest BCUT2D eigenvalue weighted by molar-refractivity contribution is 6.05. The van der Waals surface area contributed by atoms with Crippen molar-refractivity contribution in [3.8, 4) is 62.1 Å². The van der Waals surface area contributed by atoms with Crippen molar-refractivity contribution in [3.05, 3.63) is 181 Å². The third-order valence-corrected chi connectivity index (χ3v) is 9.72. The molecule has 0 aromatic heterocycles. The number of benzene rings is 6. The first-order chi connectivity index (χ1) is 26.5. The first-order valence-corrected chi connectivity index (χ1v) is 17.8. The van der Waals surface area contributed by atoms with Gasteiger partial charge in [0.1, 0.15) is 0 Å². The molecule has 0 saturated carbocycles. The highest BCUT2D eigenvalue weighted by Gasteiger charge is 2.24. The Kier molecular flexibility index (Phi) is 10.8. The van der Waals surface area contributed by atoms with E-state index in [9.17, 15) is 25.5 Å². The summed E-state index contributed by atoms with van der Waals surface area (Å²) in [5, 5.41) is 52.8. The minimum absolute atomic E-state index is 0.189. The van der Waals surface area contributed by atoms with Crippen LogP contribution >= 0.6 is 0 Å². The van der Waals surface area contributed by atoms with Crippen LogP contribution in [0.5, 0.6) is 28.7 Å². The summed E-state index contributed by atoms with van der Waals surface area (Å²) >= 11 is 0. The predicted molar refractivity (Wildman–Crippen MR) is 228 cm³/mol. The zero-order valence-corrected chi connectivity index (χ0v) is 31.1. The van der Waals surface area contributed by atoms with Crippen LogP contribution in [-0.4, -0.2) is 25.5 Å². The number of phenolic OH excluding ortho intramolecular Hbond substituents is 5. The molecular formula is C49H43NO5. The maximum absolute atomic E-state index is 10.4. The normalized spacial score (nSPS) is 11.9. The lowest BCUT2D eigenvalue weighted by Gasteiger charge is -2.29. The standard InChI is InChI=1S/C49H43NO5/c1-7-10-13-37(30(4)5)29-38(9-3)50(39-25-16-31(6)32(8-2)28-39)43-27-26-40(41-14-11-12-15-42(41)43)35-21-17-33(18-22-35)34-19-23-36(24-20-34)44-45(51)47(53)49(55)48(54)46(44)52/h7-29,51-55H,1-2,4H2,3,5-6H3/b13-10-,37-29-,38-9?. The lowest BCUT2D eigenvalue weighted by molar-refractivity contribution is 0.330. The molecule has 6 aromatic rings. The van der Waals surface area contributed by atoms with Gasteiger partial charge in [0.15, 0.2) is 11.5 Å². The van der Waals surface area contributed by atoms with Crippen LogP contribution in [0.3, 0.4) is 0 Å². The predicted octanol–water partition coefficient (Wildman–Crippen LogP) is 12.6. The van der Waals surface area contributed by atoms with E-state index in [0.717, 1.165) is 72.4 Å². The van der Waals surface area contributed by atoms with Crippen molar-refractivity contribution in [1.29, 1.82) is 0 Å². The van der Waals surface area contributed by atoms with Crippen molar-refractivity contribution in [2.24, 2.45) is 0 Å². The second-order valence-electron chi connectivity index (χ2n) is 13.2. The van der Waals surface area contributed by atoms with Gasteiger partial charge in [0.2, 0.25) is 17.2 Å². The molecular weight excluding hydrogens is 683 g/mol. The Morgan fingerprint density at radius 1 is 0.655 bits per heavy atom. The van der Waals surface area contributed by atoms with Crippen LogP contribution in [0.25, 0.3) is 50.2 Å². The van der Waals surface area contributed by atoms with E-state index in [4.69, 9.17) is 0 Å².